The zero-order valence-electron chi connectivity index (χ0n) is 19.8. The molecule has 0 amide bonds. The van der Waals surface area contributed by atoms with Crippen molar-refractivity contribution in [3.05, 3.63) is 12.7 Å². The first-order valence-corrected chi connectivity index (χ1v) is 12.0. The molecule has 1 saturated carbocycles. The number of esters is 3. The quantitative estimate of drug-likeness (QED) is 0.145. The Hall–Kier alpha value is -1.85. The van der Waals surface area contributed by atoms with Gasteiger partial charge in [0.1, 0.15) is 0 Å². The lowest BCUT2D eigenvalue weighted by molar-refractivity contribution is -0.186. The second kappa shape index (κ2) is 15.0. The van der Waals surface area contributed by atoms with Crippen molar-refractivity contribution in [1.29, 1.82) is 0 Å². The van der Waals surface area contributed by atoms with E-state index in [1.165, 1.54) is 6.42 Å². The van der Waals surface area contributed by atoms with Crippen LogP contribution >= 0.6 is 0 Å². The van der Waals surface area contributed by atoms with E-state index in [9.17, 15) is 14.4 Å². The topological polar surface area (TPSA) is 78.9 Å². The van der Waals surface area contributed by atoms with E-state index in [0.717, 1.165) is 51.0 Å². The molecule has 0 unspecified atom stereocenters. The Morgan fingerprint density at radius 3 is 2.16 bits per heavy atom. The van der Waals surface area contributed by atoms with Crippen LogP contribution in [0.1, 0.15) is 97.8 Å². The highest BCUT2D eigenvalue weighted by molar-refractivity contribution is 5.88. The summed E-state index contributed by atoms with van der Waals surface area (Å²) in [5.74, 6) is -0.964. The Morgan fingerprint density at radius 1 is 0.968 bits per heavy atom. The number of carbonyl (C=O) groups is 3. The van der Waals surface area contributed by atoms with Crippen LogP contribution < -0.4 is 0 Å². The summed E-state index contributed by atoms with van der Waals surface area (Å²) in [5.41, 5.74) is -1.33. The minimum Gasteiger partial charge on any atom is -0.465 e. The fourth-order valence-corrected chi connectivity index (χ4v) is 3.85. The van der Waals surface area contributed by atoms with Crippen LogP contribution in [0.25, 0.3) is 0 Å². The van der Waals surface area contributed by atoms with Crippen molar-refractivity contribution < 1.29 is 28.6 Å². The van der Waals surface area contributed by atoms with E-state index in [1.54, 1.807) is 0 Å². The van der Waals surface area contributed by atoms with E-state index in [2.05, 4.69) is 27.4 Å². The molecule has 0 atom stereocenters. The maximum absolute atomic E-state index is 12.8. The average molecular weight is 439 g/mol. The van der Waals surface area contributed by atoms with Gasteiger partial charge < -0.3 is 14.2 Å². The van der Waals surface area contributed by atoms with Crippen molar-refractivity contribution in [2.75, 3.05) is 13.2 Å². The van der Waals surface area contributed by atoms with Crippen molar-refractivity contribution in [2.45, 2.75) is 103 Å². The van der Waals surface area contributed by atoms with Crippen LogP contribution in [0.2, 0.25) is 0 Å². The fourth-order valence-electron chi connectivity index (χ4n) is 3.85. The van der Waals surface area contributed by atoms with Crippen molar-refractivity contribution in [3.63, 3.8) is 0 Å². The molecule has 0 aromatic rings. The molecule has 6 nitrogen and oxygen atoms in total. The van der Waals surface area contributed by atoms with E-state index in [1.807, 2.05) is 0 Å². The molecular formula is C25H42O6. The highest BCUT2D eigenvalue weighted by atomic mass is 16.6. The van der Waals surface area contributed by atoms with Gasteiger partial charge in [0.2, 0.25) is 5.60 Å². The van der Waals surface area contributed by atoms with Crippen LogP contribution in [-0.2, 0) is 28.6 Å². The summed E-state index contributed by atoms with van der Waals surface area (Å²) in [7, 11) is 0. The van der Waals surface area contributed by atoms with Crippen LogP contribution in [-0.4, -0.2) is 36.7 Å². The van der Waals surface area contributed by atoms with Gasteiger partial charge in [-0.3, -0.25) is 4.79 Å². The summed E-state index contributed by atoms with van der Waals surface area (Å²) in [4.78, 5) is 37.0. The molecule has 178 valence electrons. The number of rotatable bonds is 15. The zero-order chi connectivity index (χ0) is 23.1. The maximum Gasteiger partial charge on any atom is 0.350 e. The molecule has 0 spiro atoms. The minimum absolute atomic E-state index is 0.222. The van der Waals surface area contributed by atoms with Gasteiger partial charge in [-0.05, 0) is 44.4 Å². The van der Waals surface area contributed by atoms with E-state index < -0.39 is 17.5 Å². The van der Waals surface area contributed by atoms with Crippen LogP contribution in [0, 0.1) is 11.8 Å². The molecule has 1 aliphatic rings. The summed E-state index contributed by atoms with van der Waals surface area (Å²) < 4.78 is 16.3. The van der Waals surface area contributed by atoms with Gasteiger partial charge in [-0.2, -0.15) is 0 Å². The molecule has 1 fully saturated rings. The SMILES string of the molecule is C=CC(=O)OC1(C(=O)OCCCCCC)CCC(C(=O)OCCCCCC(C)C)CC1. The molecule has 0 heterocycles. The minimum atomic E-state index is -1.33. The predicted molar refractivity (Wildman–Crippen MR) is 120 cm³/mol. The first-order chi connectivity index (χ1) is 14.8. The van der Waals surface area contributed by atoms with Crippen molar-refractivity contribution in [3.8, 4) is 0 Å². The average Bonchev–Trinajstić information content (AvgIpc) is 2.75. The second-order valence-electron chi connectivity index (χ2n) is 9.00. The Labute approximate surface area is 188 Å². The molecule has 1 aliphatic carbocycles. The van der Waals surface area contributed by atoms with E-state index in [4.69, 9.17) is 14.2 Å². The molecule has 0 bridgehead atoms. The standard InChI is InChI=1S/C25H42O6/c1-5-7-8-11-19-30-24(28)25(31-22(26)6-2)16-14-21(15-17-25)23(27)29-18-12-9-10-13-20(3)4/h6,20-21H,2,5,7-19H2,1,3-4H3. The maximum atomic E-state index is 12.8. The monoisotopic (exact) mass is 438 g/mol. The van der Waals surface area contributed by atoms with Gasteiger partial charge in [0.05, 0.1) is 19.1 Å². The second-order valence-corrected chi connectivity index (χ2v) is 9.00. The van der Waals surface area contributed by atoms with E-state index in [0.29, 0.717) is 32.0 Å². The summed E-state index contributed by atoms with van der Waals surface area (Å²) >= 11 is 0. The van der Waals surface area contributed by atoms with Crippen LogP contribution in [0.15, 0.2) is 12.7 Å². The molecule has 0 N–H and O–H groups in total. The van der Waals surface area contributed by atoms with Gasteiger partial charge in [0.15, 0.2) is 0 Å². The summed E-state index contributed by atoms with van der Waals surface area (Å²) in [5, 5.41) is 0. The number of hydrogen-bond acceptors (Lipinski definition) is 6. The van der Waals surface area contributed by atoms with Crippen LogP contribution in [0.4, 0.5) is 0 Å². The molecule has 0 saturated heterocycles. The van der Waals surface area contributed by atoms with E-state index in [-0.39, 0.29) is 24.7 Å². The number of carbonyl (C=O) groups excluding carboxylic acids is 3. The van der Waals surface area contributed by atoms with Crippen molar-refractivity contribution in [2.24, 2.45) is 11.8 Å². The number of ether oxygens (including phenoxy) is 3. The van der Waals surface area contributed by atoms with Gasteiger partial charge >= 0.3 is 17.9 Å². The molecule has 0 radical (unpaired) electrons. The zero-order valence-corrected chi connectivity index (χ0v) is 19.8. The van der Waals surface area contributed by atoms with Gasteiger partial charge in [0, 0.05) is 6.08 Å². The van der Waals surface area contributed by atoms with E-state index >= 15 is 0 Å². The first-order valence-electron chi connectivity index (χ1n) is 12.0. The molecule has 6 heteroatoms. The van der Waals surface area contributed by atoms with Gasteiger partial charge in [-0.1, -0.05) is 65.9 Å². The van der Waals surface area contributed by atoms with Gasteiger partial charge in [-0.25, -0.2) is 9.59 Å². The normalized spacial score (nSPS) is 20.8. The molecule has 0 aromatic carbocycles. The molecular weight excluding hydrogens is 396 g/mol. The smallest absolute Gasteiger partial charge is 0.350 e. The number of hydrogen-bond donors (Lipinski definition) is 0. The van der Waals surface area contributed by atoms with Gasteiger partial charge in [-0.15, -0.1) is 0 Å². The Morgan fingerprint density at radius 2 is 1.58 bits per heavy atom. The third-order valence-electron chi connectivity index (χ3n) is 5.86. The molecule has 0 aromatic heterocycles. The molecule has 1 rings (SSSR count). The Bertz CT molecular complexity index is 560. The van der Waals surface area contributed by atoms with Crippen LogP contribution in [0.3, 0.4) is 0 Å². The lowest BCUT2D eigenvalue weighted by atomic mass is 9.78. The highest BCUT2D eigenvalue weighted by Crippen LogP contribution is 2.37. The third-order valence-corrected chi connectivity index (χ3v) is 5.86. The molecule has 0 aliphatic heterocycles. The summed E-state index contributed by atoms with van der Waals surface area (Å²) in [6.07, 6.45) is 10.7. The Balaban J connectivity index is 2.49. The van der Waals surface area contributed by atoms with Crippen molar-refractivity contribution >= 4 is 17.9 Å². The largest absolute Gasteiger partial charge is 0.465 e. The summed E-state index contributed by atoms with van der Waals surface area (Å²) in [6, 6.07) is 0. The molecule has 31 heavy (non-hydrogen) atoms. The predicted octanol–water partition coefficient (Wildman–Crippen LogP) is 5.53. The third kappa shape index (κ3) is 10.3. The number of unbranched alkanes of at least 4 members (excludes halogenated alkanes) is 5. The van der Waals surface area contributed by atoms with Gasteiger partial charge in [0.25, 0.3) is 0 Å². The lowest BCUT2D eigenvalue weighted by Gasteiger charge is -2.36. The fraction of sp³-hybridized carbons (Fsp3) is 0.800. The first kappa shape index (κ1) is 27.2. The summed E-state index contributed by atoms with van der Waals surface area (Å²) in [6.45, 7) is 10.7. The lowest BCUT2D eigenvalue weighted by Crippen LogP contribution is -2.48. The van der Waals surface area contributed by atoms with Crippen LogP contribution in [0.5, 0.6) is 0 Å². The Kier molecular flexibility index (Phi) is 13.2. The van der Waals surface area contributed by atoms with Crippen molar-refractivity contribution in [1.82, 2.24) is 0 Å². The highest BCUT2D eigenvalue weighted by Gasteiger charge is 2.48.